The summed E-state index contributed by atoms with van der Waals surface area (Å²) in [6.07, 6.45) is 0. The van der Waals surface area contributed by atoms with Crippen LogP contribution >= 0.6 is 0 Å². The standard InChI is InChI=1S/C17H29N3/c1-14(2)13-19-7-9-20(10-8-19)17-6-5-16(12-18-4)15(3)11-17/h5-6,11,14,18H,7-10,12-13H2,1-4H3. The van der Waals surface area contributed by atoms with Crippen LogP contribution in [0, 0.1) is 12.8 Å². The van der Waals surface area contributed by atoms with Gasteiger partial charge in [0.1, 0.15) is 0 Å². The Balaban J connectivity index is 1.95. The van der Waals surface area contributed by atoms with E-state index in [2.05, 4.69) is 54.1 Å². The van der Waals surface area contributed by atoms with Crippen LogP contribution < -0.4 is 10.2 Å². The molecule has 1 saturated heterocycles. The van der Waals surface area contributed by atoms with E-state index in [0.29, 0.717) is 0 Å². The zero-order valence-electron chi connectivity index (χ0n) is 13.4. The molecule has 0 bridgehead atoms. The van der Waals surface area contributed by atoms with Gasteiger partial charge < -0.3 is 10.2 Å². The van der Waals surface area contributed by atoms with Crippen LogP contribution in [-0.2, 0) is 6.54 Å². The third kappa shape index (κ3) is 3.97. The molecular weight excluding hydrogens is 246 g/mol. The van der Waals surface area contributed by atoms with E-state index in [1.54, 1.807) is 0 Å². The fraction of sp³-hybridized carbons (Fsp3) is 0.647. The minimum absolute atomic E-state index is 0.768. The molecule has 1 aliphatic heterocycles. The highest BCUT2D eigenvalue weighted by atomic mass is 15.3. The lowest BCUT2D eigenvalue weighted by Crippen LogP contribution is -2.47. The second-order valence-electron chi connectivity index (χ2n) is 6.32. The molecule has 0 atom stereocenters. The Bertz CT molecular complexity index is 420. The number of anilines is 1. The molecule has 1 fully saturated rings. The van der Waals surface area contributed by atoms with Crippen molar-refractivity contribution < 1.29 is 0 Å². The summed E-state index contributed by atoms with van der Waals surface area (Å²) < 4.78 is 0. The molecule has 3 heteroatoms. The fourth-order valence-electron chi connectivity index (χ4n) is 2.97. The minimum atomic E-state index is 0.768. The molecular formula is C17H29N3. The van der Waals surface area contributed by atoms with Gasteiger partial charge in [0.15, 0.2) is 0 Å². The molecule has 2 rings (SSSR count). The maximum absolute atomic E-state index is 3.23. The van der Waals surface area contributed by atoms with E-state index < -0.39 is 0 Å². The second-order valence-corrected chi connectivity index (χ2v) is 6.32. The summed E-state index contributed by atoms with van der Waals surface area (Å²) in [5.74, 6) is 0.768. The van der Waals surface area contributed by atoms with Crippen molar-refractivity contribution in [2.45, 2.75) is 27.3 Å². The summed E-state index contributed by atoms with van der Waals surface area (Å²) in [6, 6.07) is 6.88. The van der Waals surface area contributed by atoms with Crippen LogP contribution in [0.25, 0.3) is 0 Å². The molecule has 0 unspecified atom stereocenters. The predicted molar refractivity (Wildman–Crippen MR) is 87.4 cm³/mol. The zero-order chi connectivity index (χ0) is 14.5. The molecule has 1 N–H and O–H groups in total. The molecule has 1 aliphatic rings. The average molecular weight is 275 g/mol. The van der Waals surface area contributed by atoms with E-state index in [-0.39, 0.29) is 0 Å². The molecule has 0 aliphatic carbocycles. The van der Waals surface area contributed by atoms with Gasteiger partial charge >= 0.3 is 0 Å². The van der Waals surface area contributed by atoms with Crippen LogP contribution in [0.3, 0.4) is 0 Å². The number of rotatable bonds is 5. The van der Waals surface area contributed by atoms with Gasteiger partial charge in [-0.3, -0.25) is 4.90 Å². The van der Waals surface area contributed by atoms with Crippen LogP contribution in [0.1, 0.15) is 25.0 Å². The number of hydrogen-bond acceptors (Lipinski definition) is 3. The minimum Gasteiger partial charge on any atom is -0.369 e. The van der Waals surface area contributed by atoms with Gasteiger partial charge in [0.25, 0.3) is 0 Å². The van der Waals surface area contributed by atoms with Crippen LogP contribution in [0.2, 0.25) is 0 Å². The molecule has 0 amide bonds. The number of nitrogens with zero attached hydrogens (tertiary/aromatic N) is 2. The second kappa shape index (κ2) is 7.09. The predicted octanol–water partition coefficient (Wildman–Crippen LogP) is 2.49. The van der Waals surface area contributed by atoms with Crippen molar-refractivity contribution in [1.82, 2.24) is 10.2 Å². The molecule has 1 aromatic rings. The number of hydrogen-bond donors (Lipinski definition) is 1. The van der Waals surface area contributed by atoms with E-state index >= 15 is 0 Å². The molecule has 1 aromatic carbocycles. The van der Waals surface area contributed by atoms with Crippen molar-refractivity contribution in [3.8, 4) is 0 Å². The van der Waals surface area contributed by atoms with E-state index in [1.807, 2.05) is 7.05 Å². The van der Waals surface area contributed by atoms with Crippen molar-refractivity contribution in [1.29, 1.82) is 0 Å². The SMILES string of the molecule is CNCc1ccc(N2CCN(CC(C)C)CC2)cc1C. The lowest BCUT2D eigenvalue weighted by atomic mass is 10.1. The normalized spacial score (nSPS) is 16.9. The average Bonchev–Trinajstić information content (AvgIpc) is 2.41. The molecule has 1 heterocycles. The number of aryl methyl sites for hydroxylation is 1. The summed E-state index contributed by atoms with van der Waals surface area (Å²) in [7, 11) is 2.00. The van der Waals surface area contributed by atoms with Crippen LogP contribution in [0.15, 0.2) is 18.2 Å². The summed E-state index contributed by atoms with van der Waals surface area (Å²) >= 11 is 0. The highest BCUT2D eigenvalue weighted by molar-refractivity contribution is 5.51. The summed E-state index contributed by atoms with van der Waals surface area (Å²) in [4.78, 5) is 5.11. The molecule has 20 heavy (non-hydrogen) atoms. The monoisotopic (exact) mass is 275 g/mol. The number of piperazine rings is 1. The van der Waals surface area contributed by atoms with Crippen molar-refractivity contribution in [3.05, 3.63) is 29.3 Å². The van der Waals surface area contributed by atoms with Crippen LogP contribution in [0.4, 0.5) is 5.69 Å². The van der Waals surface area contributed by atoms with Crippen molar-refractivity contribution in [2.75, 3.05) is 44.7 Å². The summed E-state index contributed by atoms with van der Waals surface area (Å²) in [5, 5.41) is 3.23. The Morgan fingerprint density at radius 1 is 1.15 bits per heavy atom. The number of benzene rings is 1. The van der Waals surface area contributed by atoms with Gasteiger partial charge in [-0.15, -0.1) is 0 Å². The van der Waals surface area contributed by atoms with Crippen LogP contribution in [0.5, 0.6) is 0 Å². The third-order valence-corrected chi connectivity index (χ3v) is 4.05. The van der Waals surface area contributed by atoms with Gasteiger partial charge in [-0.25, -0.2) is 0 Å². The molecule has 3 nitrogen and oxygen atoms in total. The first-order valence-electron chi connectivity index (χ1n) is 7.81. The van der Waals surface area contributed by atoms with Gasteiger partial charge in [0, 0.05) is 45.0 Å². The van der Waals surface area contributed by atoms with Crippen molar-refractivity contribution in [3.63, 3.8) is 0 Å². The first-order chi connectivity index (χ1) is 9.60. The molecule has 112 valence electrons. The molecule has 0 aromatic heterocycles. The highest BCUT2D eigenvalue weighted by Gasteiger charge is 2.18. The maximum atomic E-state index is 3.23. The fourth-order valence-corrected chi connectivity index (χ4v) is 2.97. The van der Waals surface area contributed by atoms with E-state index in [4.69, 9.17) is 0 Å². The summed E-state index contributed by atoms with van der Waals surface area (Å²) in [6.45, 7) is 13.7. The Morgan fingerprint density at radius 3 is 2.40 bits per heavy atom. The molecule has 0 spiro atoms. The van der Waals surface area contributed by atoms with Gasteiger partial charge in [-0.05, 0) is 43.1 Å². The van der Waals surface area contributed by atoms with Crippen LogP contribution in [-0.4, -0.2) is 44.7 Å². The maximum Gasteiger partial charge on any atom is 0.0369 e. The number of nitrogens with one attached hydrogen (secondary N) is 1. The Kier molecular flexibility index (Phi) is 5.44. The molecule has 0 radical (unpaired) electrons. The Hall–Kier alpha value is -1.06. The van der Waals surface area contributed by atoms with E-state index in [1.165, 1.54) is 36.4 Å². The van der Waals surface area contributed by atoms with Crippen molar-refractivity contribution >= 4 is 5.69 Å². The van der Waals surface area contributed by atoms with Gasteiger partial charge in [-0.2, -0.15) is 0 Å². The topological polar surface area (TPSA) is 18.5 Å². The Labute approximate surface area is 124 Å². The van der Waals surface area contributed by atoms with E-state index in [0.717, 1.165) is 25.6 Å². The van der Waals surface area contributed by atoms with E-state index in [9.17, 15) is 0 Å². The Morgan fingerprint density at radius 2 is 1.85 bits per heavy atom. The largest absolute Gasteiger partial charge is 0.369 e. The first kappa shape index (κ1) is 15.3. The van der Waals surface area contributed by atoms with Crippen molar-refractivity contribution in [2.24, 2.45) is 5.92 Å². The smallest absolute Gasteiger partial charge is 0.0369 e. The quantitative estimate of drug-likeness (QED) is 0.891. The lowest BCUT2D eigenvalue weighted by Gasteiger charge is -2.37. The summed E-state index contributed by atoms with van der Waals surface area (Å²) in [5.41, 5.74) is 4.17. The van der Waals surface area contributed by atoms with Gasteiger partial charge in [-0.1, -0.05) is 19.9 Å². The first-order valence-corrected chi connectivity index (χ1v) is 7.81. The lowest BCUT2D eigenvalue weighted by molar-refractivity contribution is 0.231. The van der Waals surface area contributed by atoms with Gasteiger partial charge in [0.05, 0.1) is 0 Å². The van der Waals surface area contributed by atoms with Gasteiger partial charge in [0.2, 0.25) is 0 Å². The third-order valence-electron chi connectivity index (χ3n) is 4.05. The highest BCUT2D eigenvalue weighted by Crippen LogP contribution is 2.21. The zero-order valence-corrected chi connectivity index (χ0v) is 13.4. The molecule has 0 saturated carbocycles.